The second kappa shape index (κ2) is 9.71. The Labute approximate surface area is 168 Å². The van der Waals surface area contributed by atoms with Gasteiger partial charge in [0.25, 0.3) is 0 Å². The molecule has 0 unspecified atom stereocenters. The zero-order valence-corrected chi connectivity index (χ0v) is 16.0. The fraction of sp³-hybridized carbons (Fsp3) is 0.0476. The maximum atomic E-state index is 6.18. The fourth-order valence-electron chi connectivity index (χ4n) is 2.33. The van der Waals surface area contributed by atoms with E-state index in [1.54, 1.807) is 6.21 Å². The van der Waals surface area contributed by atoms with Crippen LogP contribution in [0.4, 0.5) is 5.69 Å². The molecule has 0 aliphatic rings. The molecule has 6 heteroatoms. The third kappa shape index (κ3) is 5.81. The fourth-order valence-corrected chi connectivity index (χ4v) is 2.69. The van der Waals surface area contributed by atoms with Crippen molar-refractivity contribution in [2.75, 3.05) is 5.32 Å². The molecule has 0 saturated carbocycles. The molecule has 136 valence electrons. The lowest BCUT2D eigenvalue weighted by Gasteiger charge is -2.10. The SMILES string of the molecule is S=C(N/N=C\c1ccccc1OCc1ccccc1Cl)Nc1ccccc1. The van der Waals surface area contributed by atoms with Crippen LogP contribution in [0.25, 0.3) is 0 Å². The molecule has 3 aromatic carbocycles. The number of nitrogens with zero attached hydrogens (tertiary/aromatic N) is 1. The first kappa shape index (κ1) is 18.9. The Morgan fingerprint density at radius 3 is 2.48 bits per heavy atom. The van der Waals surface area contributed by atoms with Crippen molar-refractivity contribution >= 4 is 40.8 Å². The number of hydrazone groups is 1. The molecule has 2 N–H and O–H groups in total. The van der Waals surface area contributed by atoms with Crippen molar-refractivity contribution in [2.45, 2.75) is 6.61 Å². The number of hydrogen-bond donors (Lipinski definition) is 2. The topological polar surface area (TPSA) is 45.7 Å². The predicted molar refractivity (Wildman–Crippen MR) is 116 cm³/mol. The number of halogens is 1. The average Bonchev–Trinajstić information content (AvgIpc) is 2.69. The minimum absolute atomic E-state index is 0.381. The second-order valence-corrected chi connectivity index (χ2v) is 6.42. The number of hydrogen-bond acceptors (Lipinski definition) is 3. The minimum Gasteiger partial charge on any atom is -0.488 e. The van der Waals surface area contributed by atoms with Crippen LogP contribution in [0.5, 0.6) is 5.75 Å². The number of para-hydroxylation sites is 2. The molecule has 0 fully saturated rings. The number of thiocarbonyl (C=S) groups is 1. The average molecular weight is 396 g/mol. The zero-order chi connectivity index (χ0) is 18.9. The van der Waals surface area contributed by atoms with Crippen LogP contribution in [0, 0.1) is 0 Å². The van der Waals surface area contributed by atoms with E-state index < -0.39 is 0 Å². The van der Waals surface area contributed by atoms with E-state index >= 15 is 0 Å². The highest BCUT2D eigenvalue weighted by atomic mass is 35.5. The normalized spacial score (nSPS) is 10.6. The van der Waals surface area contributed by atoms with E-state index in [2.05, 4.69) is 15.8 Å². The van der Waals surface area contributed by atoms with Crippen molar-refractivity contribution in [3.05, 3.63) is 95.0 Å². The number of anilines is 1. The van der Waals surface area contributed by atoms with Gasteiger partial charge in [-0.15, -0.1) is 0 Å². The molecule has 0 atom stereocenters. The molecule has 4 nitrogen and oxygen atoms in total. The van der Waals surface area contributed by atoms with Crippen LogP contribution in [0.1, 0.15) is 11.1 Å². The van der Waals surface area contributed by atoms with Crippen LogP contribution < -0.4 is 15.5 Å². The molecule has 27 heavy (non-hydrogen) atoms. The van der Waals surface area contributed by atoms with Gasteiger partial charge in [-0.25, -0.2) is 0 Å². The van der Waals surface area contributed by atoms with E-state index in [0.717, 1.165) is 16.8 Å². The van der Waals surface area contributed by atoms with Crippen molar-refractivity contribution in [3.63, 3.8) is 0 Å². The van der Waals surface area contributed by atoms with Crippen molar-refractivity contribution in [3.8, 4) is 5.75 Å². The molecule has 0 radical (unpaired) electrons. The van der Waals surface area contributed by atoms with Crippen LogP contribution in [0.15, 0.2) is 84.0 Å². The molecule has 0 bridgehead atoms. The Bertz CT molecular complexity index is 931. The van der Waals surface area contributed by atoms with Crippen molar-refractivity contribution in [1.29, 1.82) is 0 Å². The van der Waals surface area contributed by atoms with Crippen LogP contribution in [-0.4, -0.2) is 11.3 Å². The summed E-state index contributed by atoms with van der Waals surface area (Å²) in [5.74, 6) is 0.713. The molecule has 3 aromatic rings. The van der Waals surface area contributed by atoms with Gasteiger partial charge in [0.15, 0.2) is 5.11 Å². The van der Waals surface area contributed by atoms with Crippen LogP contribution in [0.2, 0.25) is 5.02 Å². The van der Waals surface area contributed by atoms with Crippen LogP contribution >= 0.6 is 23.8 Å². The van der Waals surface area contributed by atoms with Crippen molar-refractivity contribution in [1.82, 2.24) is 5.43 Å². The van der Waals surface area contributed by atoms with E-state index in [-0.39, 0.29) is 0 Å². The maximum Gasteiger partial charge on any atom is 0.191 e. The van der Waals surface area contributed by atoms with E-state index in [0.29, 0.717) is 22.5 Å². The highest BCUT2D eigenvalue weighted by Crippen LogP contribution is 2.20. The third-order valence-corrected chi connectivity index (χ3v) is 4.22. The van der Waals surface area contributed by atoms with Gasteiger partial charge in [-0.1, -0.05) is 60.1 Å². The Hall–Kier alpha value is -2.89. The number of nitrogens with one attached hydrogen (secondary N) is 2. The van der Waals surface area contributed by atoms with Crippen molar-refractivity contribution in [2.24, 2.45) is 5.10 Å². The predicted octanol–water partition coefficient (Wildman–Crippen LogP) is 5.24. The summed E-state index contributed by atoms with van der Waals surface area (Å²) in [5, 5.41) is 8.33. The van der Waals surface area contributed by atoms with Gasteiger partial charge in [-0.2, -0.15) is 5.10 Å². The smallest absolute Gasteiger partial charge is 0.191 e. The number of rotatable bonds is 6. The van der Waals surface area contributed by atoms with Gasteiger partial charge in [-0.05, 0) is 42.5 Å². The molecular formula is C21H18ClN3OS. The molecule has 0 spiro atoms. The molecule has 0 aliphatic heterocycles. The van der Waals surface area contributed by atoms with E-state index in [4.69, 9.17) is 28.6 Å². The largest absolute Gasteiger partial charge is 0.488 e. The Balaban J connectivity index is 1.59. The maximum absolute atomic E-state index is 6.18. The van der Waals surface area contributed by atoms with Gasteiger partial charge >= 0.3 is 0 Å². The Kier molecular flexibility index (Phi) is 6.79. The lowest BCUT2D eigenvalue weighted by atomic mass is 10.2. The van der Waals surface area contributed by atoms with Crippen molar-refractivity contribution < 1.29 is 4.74 Å². The summed E-state index contributed by atoms with van der Waals surface area (Å²) < 4.78 is 5.91. The highest BCUT2D eigenvalue weighted by Gasteiger charge is 2.04. The first-order valence-electron chi connectivity index (χ1n) is 8.33. The lowest BCUT2D eigenvalue weighted by molar-refractivity contribution is 0.306. The molecule has 0 aliphatic carbocycles. The molecule has 0 heterocycles. The number of ether oxygens (including phenoxy) is 1. The summed E-state index contributed by atoms with van der Waals surface area (Å²) in [6.45, 7) is 0.381. The first-order chi connectivity index (χ1) is 13.2. The summed E-state index contributed by atoms with van der Waals surface area (Å²) in [7, 11) is 0. The monoisotopic (exact) mass is 395 g/mol. The lowest BCUT2D eigenvalue weighted by Crippen LogP contribution is -2.23. The van der Waals surface area contributed by atoms with Gasteiger partial charge in [0.1, 0.15) is 12.4 Å². The Morgan fingerprint density at radius 2 is 1.67 bits per heavy atom. The van der Waals surface area contributed by atoms with Gasteiger partial charge in [0.05, 0.1) is 6.21 Å². The Morgan fingerprint density at radius 1 is 0.963 bits per heavy atom. The molecule has 0 aromatic heterocycles. The zero-order valence-electron chi connectivity index (χ0n) is 14.4. The second-order valence-electron chi connectivity index (χ2n) is 5.61. The number of benzene rings is 3. The van der Waals surface area contributed by atoms with E-state index in [1.165, 1.54) is 0 Å². The standard InChI is InChI=1S/C21H18ClN3OS/c22-19-12-6-4-9-17(19)15-26-20-13-7-5-8-16(20)14-23-25-21(27)24-18-10-2-1-3-11-18/h1-14H,15H2,(H2,24,25,27)/b23-14-. The summed E-state index contributed by atoms with van der Waals surface area (Å²) in [6.07, 6.45) is 1.67. The van der Waals surface area contributed by atoms with Gasteiger partial charge in [0.2, 0.25) is 0 Å². The van der Waals surface area contributed by atoms with E-state index in [9.17, 15) is 0 Å². The van der Waals surface area contributed by atoms with Gasteiger partial charge < -0.3 is 10.1 Å². The van der Waals surface area contributed by atoms with Gasteiger partial charge in [0, 0.05) is 21.8 Å². The first-order valence-corrected chi connectivity index (χ1v) is 9.11. The quantitative estimate of drug-likeness (QED) is 0.340. The molecule has 3 rings (SSSR count). The molecule has 0 saturated heterocycles. The summed E-state index contributed by atoms with van der Waals surface area (Å²) in [4.78, 5) is 0. The summed E-state index contributed by atoms with van der Waals surface area (Å²) >= 11 is 11.4. The highest BCUT2D eigenvalue weighted by molar-refractivity contribution is 7.80. The molecule has 0 amide bonds. The molecular weight excluding hydrogens is 378 g/mol. The van der Waals surface area contributed by atoms with Crippen LogP contribution in [0.3, 0.4) is 0 Å². The van der Waals surface area contributed by atoms with E-state index in [1.807, 2.05) is 78.9 Å². The summed E-state index contributed by atoms with van der Waals surface area (Å²) in [5.41, 5.74) is 5.46. The van der Waals surface area contributed by atoms with Crippen LogP contribution in [-0.2, 0) is 6.61 Å². The minimum atomic E-state index is 0.381. The van der Waals surface area contributed by atoms with Gasteiger partial charge in [-0.3, -0.25) is 5.43 Å². The third-order valence-electron chi connectivity index (χ3n) is 3.66. The summed E-state index contributed by atoms with van der Waals surface area (Å²) in [6, 6.07) is 24.9.